The molecule has 0 spiro atoms. The molecule has 0 fully saturated rings. The van der Waals surface area contributed by atoms with E-state index >= 15 is 0 Å². The summed E-state index contributed by atoms with van der Waals surface area (Å²) in [5, 5.41) is 27.4. The third kappa shape index (κ3) is 3.28. The summed E-state index contributed by atoms with van der Waals surface area (Å²) in [7, 11) is 7.96. The molecule has 8 nitrogen and oxygen atoms in total. The number of nitrogens with zero attached hydrogens (tertiary/aromatic N) is 4. The highest BCUT2D eigenvalue weighted by Crippen LogP contribution is 2.41. The second-order valence-corrected chi connectivity index (χ2v) is 8.16. The van der Waals surface area contributed by atoms with E-state index in [1.807, 2.05) is 49.9 Å². The van der Waals surface area contributed by atoms with E-state index < -0.39 is 0 Å². The molecule has 0 atom stereocenters. The monoisotopic (exact) mass is 409 g/mol. The highest BCUT2D eigenvalue weighted by molar-refractivity contribution is 6.23. The van der Waals surface area contributed by atoms with Gasteiger partial charge in [0.25, 0.3) is 0 Å². The van der Waals surface area contributed by atoms with E-state index in [-0.39, 0.29) is 22.3 Å². The summed E-state index contributed by atoms with van der Waals surface area (Å²) in [6.45, 7) is 2.83. The molecule has 4 aromatic rings. The number of H-pyrrole nitrogens is 1. The smallest absolute Gasteiger partial charge is 0.189 e. The van der Waals surface area contributed by atoms with Crippen LogP contribution in [0.4, 0.5) is 0 Å². The van der Waals surface area contributed by atoms with Gasteiger partial charge in [0.2, 0.25) is 0 Å². The van der Waals surface area contributed by atoms with Gasteiger partial charge in [-0.15, -0.1) is 0 Å². The van der Waals surface area contributed by atoms with E-state index in [1.165, 1.54) is 12.1 Å². The Morgan fingerprint density at radius 3 is 2.37 bits per heavy atom. The van der Waals surface area contributed by atoms with Crippen LogP contribution in [-0.4, -0.2) is 77.6 Å². The van der Waals surface area contributed by atoms with Crippen molar-refractivity contribution >= 4 is 32.6 Å². The summed E-state index contributed by atoms with van der Waals surface area (Å²) in [6, 6.07) is 6.51. The van der Waals surface area contributed by atoms with Crippen molar-refractivity contribution in [3.05, 3.63) is 39.8 Å². The lowest BCUT2D eigenvalue weighted by molar-refractivity contribution is 0.377. The van der Waals surface area contributed by atoms with Gasteiger partial charge in [0.15, 0.2) is 5.43 Å². The molecule has 8 heteroatoms. The van der Waals surface area contributed by atoms with Crippen molar-refractivity contribution in [2.45, 2.75) is 6.54 Å². The van der Waals surface area contributed by atoms with E-state index in [2.05, 4.69) is 15.0 Å². The number of aromatic hydroxyl groups is 2. The zero-order valence-corrected chi connectivity index (χ0v) is 17.7. The second-order valence-electron chi connectivity index (χ2n) is 8.16. The Hall–Kier alpha value is -3.10. The predicted octanol–water partition coefficient (Wildman–Crippen LogP) is 1.51. The Balaban J connectivity index is 2.13. The molecule has 0 bridgehead atoms. The Bertz CT molecular complexity index is 1350. The highest BCUT2D eigenvalue weighted by Gasteiger charge is 2.22. The molecule has 0 saturated heterocycles. The van der Waals surface area contributed by atoms with E-state index in [1.54, 1.807) is 0 Å². The first-order valence-electron chi connectivity index (χ1n) is 9.95. The largest absolute Gasteiger partial charge is 0.507 e. The van der Waals surface area contributed by atoms with Gasteiger partial charge in [-0.3, -0.25) is 19.6 Å². The lowest BCUT2D eigenvalue weighted by atomic mass is 9.99. The molecule has 3 aromatic carbocycles. The lowest BCUT2D eigenvalue weighted by Gasteiger charge is -2.11. The van der Waals surface area contributed by atoms with Gasteiger partial charge in [-0.25, -0.2) is 0 Å². The summed E-state index contributed by atoms with van der Waals surface area (Å²) in [6.07, 6.45) is 0. The number of aromatic nitrogens is 2. The van der Waals surface area contributed by atoms with Crippen molar-refractivity contribution in [3.63, 3.8) is 0 Å². The van der Waals surface area contributed by atoms with Gasteiger partial charge < -0.3 is 20.0 Å². The van der Waals surface area contributed by atoms with Crippen molar-refractivity contribution in [1.29, 1.82) is 0 Å². The molecule has 0 radical (unpaired) electrons. The molecule has 0 aliphatic rings. The summed E-state index contributed by atoms with van der Waals surface area (Å²) >= 11 is 0. The Labute approximate surface area is 173 Å². The fourth-order valence-electron chi connectivity index (χ4n) is 3.89. The number of nitrogens with one attached hydrogen (secondary N) is 1. The third-order valence-corrected chi connectivity index (χ3v) is 5.42. The molecule has 3 N–H and O–H groups in total. The first-order valence-corrected chi connectivity index (χ1v) is 9.95. The van der Waals surface area contributed by atoms with Crippen LogP contribution in [0.25, 0.3) is 32.6 Å². The van der Waals surface area contributed by atoms with Crippen molar-refractivity contribution in [2.75, 3.05) is 47.8 Å². The average Bonchev–Trinajstić information content (AvgIpc) is 3.05. The molecule has 0 unspecified atom stereocenters. The Morgan fingerprint density at radius 1 is 0.933 bits per heavy atom. The van der Waals surface area contributed by atoms with Gasteiger partial charge in [0, 0.05) is 18.5 Å². The number of phenolic OH excluding ortho intramolecular Hbond substituents is 2. The van der Waals surface area contributed by atoms with Crippen LogP contribution in [0.15, 0.2) is 34.1 Å². The van der Waals surface area contributed by atoms with E-state index in [0.29, 0.717) is 34.7 Å². The summed E-state index contributed by atoms with van der Waals surface area (Å²) in [5.74, 6) is -0.237. The van der Waals surface area contributed by atoms with Crippen LogP contribution in [-0.2, 0) is 6.54 Å². The van der Waals surface area contributed by atoms with E-state index in [9.17, 15) is 15.0 Å². The number of hydrogen-bond donors (Lipinski definition) is 3. The number of rotatable bonds is 6. The molecule has 4 rings (SSSR count). The van der Waals surface area contributed by atoms with Crippen molar-refractivity contribution in [1.82, 2.24) is 19.6 Å². The van der Waals surface area contributed by atoms with Crippen molar-refractivity contribution in [3.8, 4) is 11.5 Å². The fraction of sp³-hybridized carbons (Fsp3) is 0.364. The van der Waals surface area contributed by atoms with Crippen LogP contribution < -0.4 is 10.8 Å². The summed E-state index contributed by atoms with van der Waals surface area (Å²) < 4.78 is 1.98. The van der Waals surface area contributed by atoms with Gasteiger partial charge in [-0.1, -0.05) is 0 Å². The standard InChI is InChI=1S/C22H27N5O3/c1-25(2)10-9-23-13-5-6-14-18-17(13)22(30)20-16(29)8-7-15(28)19(20)21(18)24-27(14)12-11-26(3)4/h5-8,24,29-30H,9-12H2,1-4H3. The molecule has 1 heterocycles. The van der Waals surface area contributed by atoms with Crippen LogP contribution in [0.3, 0.4) is 0 Å². The number of likely N-dealkylation sites (N-methyl/N-ethyl adjacent to an activating group) is 2. The van der Waals surface area contributed by atoms with Crippen LogP contribution in [0, 0.1) is 0 Å². The number of phenols is 2. The summed E-state index contributed by atoms with van der Waals surface area (Å²) in [5.41, 5.74) is 1.24. The maximum atomic E-state index is 12.7. The maximum absolute atomic E-state index is 12.7. The molecule has 158 valence electrons. The number of fused-ring (bicyclic) bond motifs is 2. The quantitative estimate of drug-likeness (QED) is 0.420. The van der Waals surface area contributed by atoms with Crippen LogP contribution >= 0.6 is 0 Å². The van der Waals surface area contributed by atoms with Gasteiger partial charge >= 0.3 is 0 Å². The molecule has 0 amide bonds. The Kier molecular flexibility index (Phi) is 5.13. The van der Waals surface area contributed by atoms with Crippen molar-refractivity contribution in [2.24, 2.45) is 4.99 Å². The predicted molar refractivity (Wildman–Crippen MR) is 120 cm³/mol. The molecular formula is C22H27N5O3. The van der Waals surface area contributed by atoms with Crippen LogP contribution in [0.2, 0.25) is 0 Å². The molecule has 30 heavy (non-hydrogen) atoms. The Morgan fingerprint density at radius 2 is 1.67 bits per heavy atom. The van der Waals surface area contributed by atoms with Gasteiger partial charge in [-0.2, -0.15) is 0 Å². The zero-order chi connectivity index (χ0) is 21.6. The fourth-order valence-corrected chi connectivity index (χ4v) is 3.89. The lowest BCUT2D eigenvalue weighted by Crippen LogP contribution is -2.19. The topological polar surface area (TPSA) is 97.1 Å². The average molecular weight is 409 g/mol. The normalized spacial score (nSPS) is 13.1. The number of benzene rings is 3. The zero-order valence-electron chi connectivity index (χ0n) is 17.7. The van der Waals surface area contributed by atoms with Gasteiger partial charge in [-0.05, 0) is 52.5 Å². The molecule has 1 aromatic heterocycles. The minimum Gasteiger partial charge on any atom is -0.507 e. The maximum Gasteiger partial charge on any atom is 0.189 e. The first-order chi connectivity index (χ1) is 14.3. The van der Waals surface area contributed by atoms with Gasteiger partial charge in [0.05, 0.1) is 45.6 Å². The SMILES string of the molecule is CN(C)CCN=c1ccc2c3c1c(O)c1c(O)ccc(=O)c1c3[nH]n2CCN(C)C. The van der Waals surface area contributed by atoms with E-state index in [4.69, 9.17) is 0 Å². The highest BCUT2D eigenvalue weighted by atomic mass is 16.3. The summed E-state index contributed by atoms with van der Waals surface area (Å²) in [4.78, 5) is 21.5. The molecule has 0 aliphatic heterocycles. The van der Waals surface area contributed by atoms with E-state index in [0.717, 1.165) is 24.0 Å². The minimum atomic E-state index is -0.252. The second kappa shape index (κ2) is 7.62. The van der Waals surface area contributed by atoms with Crippen LogP contribution in [0.5, 0.6) is 11.5 Å². The number of aromatic amines is 1. The third-order valence-electron chi connectivity index (χ3n) is 5.42. The van der Waals surface area contributed by atoms with Crippen molar-refractivity contribution < 1.29 is 10.2 Å². The molecule has 0 aliphatic carbocycles. The number of hydrogen-bond acceptors (Lipinski definition) is 6. The minimum absolute atomic E-state index is 0.110. The molecule has 0 saturated carbocycles. The van der Waals surface area contributed by atoms with Crippen LogP contribution in [0.1, 0.15) is 0 Å². The van der Waals surface area contributed by atoms with Gasteiger partial charge in [0.1, 0.15) is 11.5 Å². The first kappa shape index (κ1) is 20.2. The molecular weight excluding hydrogens is 382 g/mol.